The number of halogens is 1. The number of aliphatic hydroxyl groups is 1. The Morgan fingerprint density at radius 2 is 2.00 bits per heavy atom. The Balaban J connectivity index is 1.94. The maximum atomic E-state index is 10.5. The molecular formula is C12H18IN3O. The third-order valence-corrected chi connectivity index (χ3v) is 4.08. The van der Waals surface area contributed by atoms with E-state index >= 15 is 0 Å². The summed E-state index contributed by atoms with van der Waals surface area (Å²) in [7, 11) is 0. The Morgan fingerprint density at radius 3 is 2.65 bits per heavy atom. The smallest absolute Gasteiger partial charge is 0.142 e. The molecule has 17 heavy (non-hydrogen) atoms. The van der Waals surface area contributed by atoms with E-state index < -0.39 is 5.60 Å². The van der Waals surface area contributed by atoms with Crippen molar-refractivity contribution in [1.29, 1.82) is 0 Å². The molecule has 0 bridgehead atoms. The molecule has 2 rings (SSSR count). The van der Waals surface area contributed by atoms with Crippen LogP contribution in [0.4, 0.5) is 5.82 Å². The van der Waals surface area contributed by atoms with E-state index in [1.54, 1.807) is 6.20 Å². The third-order valence-electron chi connectivity index (χ3n) is 3.29. The number of rotatable bonds is 3. The van der Waals surface area contributed by atoms with Gasteiger partial charge in [-0.05, 0) is 35.4 Å². The fourth-order valence-corrected chi connectivity index (χ4v) is 2.75. The molecule has 0 unspecified atom stereocenters. The van der Waals surface area contributed by atoms with Crippen LogP contribution in [0.5, 0.6) is 0 Å². The SMILES string of the molecule is OC1(CNc2ncncc2I)CCCCCC1. The molecule has 4 nitrogen and oxygen atoms in total. The van der Waals surface area contributed by atoms with Crippen molar-refractivity contribution in [3.05, 3.63) is 16.1 Å². The zero-order chi connectivity index (χ0) is 12.1. The van der Waals surface area contributed by atoms with Crippen molar-refractivity contribution in [2.45, 2.75) is 44.1 Å². The molecule has 0 atom stereocenters. The molecule has 0 aromatic carbocycles. The summed E-state index contributed by atoms with van der Waals surface area (Å²) in [5.41, 5.74) is -0.565. The van der Waals surface area contributed by atoms with Gasteiger partial charge in [0.2, 0.25) is 0 Å². The monoisotopic (exact) mass is 347 g/mol. The van der Waals surface area contributed by atoms with Gasteiger partial charge in [-0.25, -0.2) is 9.97 Å². The summed E-state index contributed by atoms with van der Waals surface area (Å²) >= 11 is 2.20. The van der Waals surface area contributed by atoms with Crippen LogP contribution in [-0.4, -0.2) is 27.2 Å². The molecule has 1 aromatic heterocycles. The fourth-order valence-electron chi connectivity index (χ4n) is 2.25. The van der Waals surface area contributed by atoms with E-state index in [0.717, 1.165) is 35.1 Å². The van der Waals surface area contributed by atoms with Crippen LogP contribution in [0.3, 0.4) is 0 Å². The van der Waals surface area contributed by atoms with E-state index in [9.17, 15) is 5.11 Å². The van der Waals surface area contributed by atoms with Crippen LogP contribution in [0.2, 0.25) is 0 Å². The molecule has 5 heteroatoms. The summed E-state index contributed by atoms with van der Waals surface area (Å²) < 4.78 is 0.988. The van der Waals surface area contributed by atoms with Gasteiger partial charge in [0.05, 0.1) is 9.17 Å². The van der Waals surface area contributed by atoms with Crippen molar-refractivity contribution in [3.63, 3.8) is 0 Å². The van der Waals surface area contributed by atoms with E-state index in [1.807, 2.05) is 0 Å². The summed E-state index contributed by atoms with van der Waals surface area (Å²) in [6.45, 7) is 0.583. The van der Waals surface area contributed by atoms with Crippen LogP contribution in [0.25, 0.3) is 0 Å². The van der Waals surface area contributed by atoms with Crippen LogP contribution in [0.1, 0.15) is 38.5 Å². The predicted octanol–water partition coefficient (Wildman–Crippen LogP) is 2.58. The van der Waals surface area contributed by atoms with Gasteiger partial charge in [-0.2, -0.15) is 0 Å². The van der Waals surface area contributed by atoms with Gasteiger partial charge in [0, 0.05) is 12.7 Å². The molecule has 0 aliphatic heterocycles. The maximum absolute atomic E-state index is 10.5. The topological polar surface area (TPSA) is 58.0 Å². The van der Waals surface area contributed by atoms with Gasteiger partial charge in [0.25, 0.3) is 0 Å². The van der Waals surface area contributed by atoms with Crippen LogP contribution in [0.15, 0.2) is 12.5 Å². The second-order valence-electron chi connectivity index (χ2n) is 4.71. The van der Waals surface area contributed by atoms with Crippen LogP contribution < -0.4 is 5.32 Å². The molecule has 1 aromatic rings. The van der Waals surface area contributed by atoms with E-state index in [0.29, 0.717) is 6.54 Å². The van der Waals surface area contributed by atoms with Crippen LogP contribution >= 0.6 is 22.6 Å². The number of aromatic nitrogens is 2. The van der Waals surface area contributed by atoms with E-state index in [-0.39, 0.29) is 0 Å². The summed E-state index contributed by atoms with van der Waals surface area (Å²) in [6, 6.07) is 0. The predicted molar refractivity (Wildman–Crippen MR) is 75.9 cm³/mol. The molecule has 1 aliphatic carbocycles. The summed E-state index contributed by atoms with van der Waals surface area (Å²) in [5, 5.41) is 13.7. The molecule has 1 heterocycles. The lowest BCUT2D eigenvalue weighted by atomic mass is 9.94. The first-order chi connectivity index (χ1) is 8.20. The Bertz CT molecular complexity index is 365. The standard InChI is InChI=1S/C12H18IN3O/c13-10-7-14-9-16-11(10)15-8-12(17)5-3-1-2-4-6-12/h7,9,17H,1-6,8H2,(H,14,15,16). The van der Waals surface area contributed by atoms with Crippen LogP contribution in [-0.2, 0) is 0 Å². The van der Waals surface area contributed by atoms with Crippen molar-refractivity contribution in [3.8, 4) is 0 Å². The highest BCUT2D eigenvalue weighted by molar-refractivity contribution is 14.1. The van der Waals surface area contributed by atoms with Crippen molar-refractivity contribution in [2.75, 3.05) is 11.9 Å². The second kappa shape index (κ2) is 5.95. The molecule has 1 fully saturated rings. The average molecular weight is 347 g/mol. The molecule has 0 amide bonds. The minimum absolute atomic E-state index is 0.565. The van der Waals surface area contributed by atoms with Gasteiger partial charge in [-0.15, -0.1) is 0 Å². The van der Waals surface area contributed by atoms with Gasteiger partial charge in [-0.3, -0.25) is 0 Å². The number of nitrogens with zero attached hydrogens (tertiary/aromatic N) is 2. The molecular weight excluding hydrogens is 329 g/mol. The van der Waals surface area contributed by atoms with Crippen molar-refractivity contribution >= 4 is 28.4 Å². The summed E-state index contributed by atoms with van der Waals surface area (Å²) in [4.78, 5) is 8.13. The fraction of sp³-hybridized carbons (Fsp3) is 0.667. The zero-order valence-electron chi connectivity index (χ0n) is 9.82. The molecule has 0 saturated heterocycles. The Hall–Kier alpha value is -0.430. The highest BCUT2D eigenvalue weighted by Gasteiger charge is 2.27. The van der Waals surface area contributed by atoms with E-state index in [4.69, 9.17) is 0 Å². The zero-order valence-corrected chi connectivity index (χ0v) is 12.0. The third kappa shape index (κ3) is 3.77. The molecule has 0 spiro atoms. The van der Waals surface area contributed by atoms with Gasteiger partial charge in [-0.1, -0.05) is 25.7 Å². The highest BCUT2D eigenvalue weighted by atomic mass is 127. The quantitative estimate of drug-likeness (QED) is 0.652. The Morgan fingerprint density at radius 1 is 1.29 bits per heavy atom. The Kier molecular flexibility index (Phi) is 4.55. The minimum atomic E-state index is -0.565. The lowest BCUT2D eigenvalue weighted by molar-refractivity contribution is 0.0380. The molecule has 1 saturated carbocycles. The van der Waals surface area contributed by atoms with Gasteiger partial charge in [0.15, 0.2) is 0 Å². The maximum Gasteiger partial charge on any atom is 0.142 e. The van der Waals surface area contributed by atoms with Gasteiger partial charge >= 0.3 is 0 Å². The lowest BCUT2D eigenvalue weighted by Gasteiger charge is -2.27. The van der Waals surface area contributed by atoms with Crippen LogP contribution in [0, 0.1) is 3.57 Å². The van der Waals surface area contributed by atoms with Gasteiger partial charge < -0.3 is 10.4 Å². The van der Waals surface area contributed by atoms with E-state index in [1.165, 1.54) is 19.2 Å². The normalized spacial score (nSPS) is 19.6. The summed E-state index contributed by atoms with van der Waals surface area (Å²) in [5.74, 6) is 0.818. The first kappa shape index (κ1) is 13.0. The van der Waals surface area contributed by atoms with Gasteiger partial charge in [0.1, 0.15) is 12.1 Å². The average Bonchev–Trinajstić information content (AvgIpc) is 2.54. The lowest BCUT2D eigenvalue weighted by Crippen LogP contribution is -2.36. The van der Waals surface area contributed by atoms with Crippen molar-refractivity contribution in [2.24, 2.45) is 0 Å². The number of hydrogen-bond acceptors (Lipinski definition) is 4. The molecule has 94 valence electrons. The number of hydrogen-bond donors (Lipinski definition) is 2. The van der Waals surface area contributed by atoms with Crippen molar-refractivity contribution in [1.82, 2.24) is 9.97 Å². The molecule has 1 aliphatic rings. The first-order valence-electron chi connectivity index (χ1n) is 6.11. The Labute approximate surface area is 115 Å². The largest absolute Gasteiger partial charge is 0.388 e. The van der Waals surface area contributed by atoms with Crippen molar-refractivity contribution < 1.29 is 5.11 Å². The molecule has 2 N–H and O–H groups in total. The summed E-state index contributed by atoms with van der Waals surface area (Å²) in [6.07, 6.45) is 9.82. The highest BCUT2D eigenvalue weighted by Crippen LogP contribution is 2.27. The van der Waals surface area contributed by atoms with E-state index in [2.05, 4.69) is 37.9 Å². The molecule has 0 radical (unpaired) electrons. The number of anilines is 1. The first-order valence-corrected chi connectivity index (χ1v) is 7.19. The number of nitrogens with one attached hydrogen (secondary N) is 1. The second-order valence-corrected chi connectivity index (χ2v) is 5.87. The minimum Gasteiger partial charge on any atom is -0.388 e.